The number of hydrogen-bond donors (Lipinski definition) is 2. The number of ketones is 1. The van der Waals surface area contributed by atoms with E-state index in [2.05, 4.69) is 6.58 Å². The van der Waals surface area contributed by atoms with Crippen molar-refractivity contribution in [2.45, 2.75) is 19.1 Å². The van der Waals surface area contributed by atoms with E-state index in [-0.39, 0.29) is 11.8 Å². The fourth-order valence-electron chi connectivity index (χ4n) is 1.11. The largest absolute Gasteiger partial charge is 0.503 e. The summed E-state index contributed by atoms with van der Waals surface area (Å²) in [7, 11) is 1.43. The standard InChI is InChI=1S/C9H18O5Si.C3H4O2/c1-5-6-8(10)9(11)7-15(12-2,13-3)14-4;1-2-3(4)5/h5-6,9,11H,7H2,1-4H3;2H,1H2,(H,4,5). The van der Waals surface area contributed by atoms with E-state index in [4.69, 9.17) is 18.4 Å². The van der Waals surface area contributed by atoms with Gasteiger partial charge in [0.25, 0.3) is 0 Å². The Bertz CT molecular complexity index is 328. The summed E-state index contributed by atoms with van der Waals surface area (Å²) < 4.78 is 15.3. The average molecular weight is 306 g/mol. The van der Waals surface area contributed by atoms with E-state index >= 15 is 0 Å². The van der Waals surface area contributed by atoms with Crippen molar-refractivity contribution in [2.24, 2.45) is 0 Å². The Hall–Kier alpha value is -1.32. The molecule has 0 saturated carbocycles. The van der Waals surface area contributed by atoms with Gasteiger partial charge in [0.05, 0.1) is 6.04 Å². The SMILES string of the molecule is C=CC(=O)O.CC=CC(=O)C(O)C[Si](OC)(OC)OC. The van der Waals surface area contributed by atoms with Gasteiger partial charge in [0.15, 0.2) is 5.78 Å². The molecule has 0 fully saturated rings. The van der Waals surface area contributed by atoms with Crippen LogP contribution in [0.1, 0.15) is 6.92 Å². The Kier molecular flexibility index (Phi) is 12.1. The molecule has 0 spiro atoms. The fraction of sp³-hybridized carbons (Fsp3) is 0.500. The molecule has 0 aliphatic rings. The zero-order valence-corrected chi connectivity index (χ0v) is 13.2. The van der Waals surface area contributed by atoms with E-state index in [1.165, 1.54) is 27.4 Å². The summed E-state index contributed by atoms with van der Waals surface area (Å²) in [6.07, 6.45) is 2.57. The molecule has 0 aromatic rings. The highest BCUT2D eigenvalue weighted by Crippen LogP contribution is 2.15. The molecule has 0 amide bonds. The maximum atomic E-state index is 11.3. The van der Waals surface area contributed by atoms with Gasteiger partial charge >= 0.3 is 14.8 Å². The van der Waals surface area contributed by atoms with Crippen molar-refractivity contribution in [3.05, 3.63) is 24.8 Å². The minimum absolute atomic E-state index is 0.0552. The molecule has 8 heteroatoms. The van der Waals surface area contributed by atoms with Crippen LogP contribution in [0, 0.1) is 0 Å². The number of aliphatic hydroxyl groups is 1. The molecule has 1 unspecified atom stereocenters. The Morgan fingerprint density at radius 2 is 1.65 bits per heavy atom. The normalized spacial score (nSPS) is 12.4. The zero-order valence-electron chi connectivity index (χ0n) is 12.2. The topological polar surface area (TPSA) is 102 Å². The molecule has 0 aliphatic heterocycles. The first-order valence-corrected chi connectivity index (χ1v) is 7.61. The van der Waals surface area contributed by atoms with E-state index in [0.717, 1.165) is 6.08 Å². The average Bonchev–Trinajstić information content (AvgIpc) is 2.45. The van der Waals surface area contributed by atoms with Crippen LogP contribution in [0.15, 0.2) is 24.8 Å². The summed E-state index contributed by atoms with van der Waals surface area (Å²) in [5.41, 5.74) is 0. The Morgan fingerprint density at radius 3 is 1.90 bits per heavy atom. The smallest absolute Gasteiger partial charge is 0.478 e. The van der Waals surface area contributed by atoms with E-state index in [1.54, 1.807) is 13.0 Å². The van der Waals surface area contributed by atoms with Crippen LogP contribution in [-0.4, -0.2) is 58.2 Å². The third kappa shape index (κ3) is 8.72. The first-order valence-electron chi connectivity index (χ1n) is 5.67. The number of carboxylic acid groups (broad SMARTS) is 1. The summed E-state index contributed by atoms with van der Waals surface area (Å²) in [5.74, 6) is -1.36. The predicted octanol–water partition coefficient (Wildman–Crippen LogP) is 0.628. The van der Waals surface area contributed by atoms with Gasteiger partial charge in [0.1, 0.15) is 6.10 Å². The van der Waals surface area contributed by atoms with Crippen LogP contribution in [0.3, 0.4) is 0 Å². The molecule has 7 nitrogen and oxygen atoms in total. The monoisotopic (exact) mass is 306 g/mol. The van der Waals surface area contributed by atoms with Gasteiger partial charge < -0.3 is 23.5 Å². The number of carbonyl (C=O) groups is 2. The van der Waals surface area contributed by atoms with Crippen molar-refractivity contribution in [3.63, 3.8) is 0 Å². The second-order valence-electron chi connectivity index (χ2n) is 3.46. The lowest BCUT2D eigenvalue weighted by Gasteiger charge is -2.25. The molecule has 0 aromatic heterocycles. The van der Waals surface area contributed by atoms with E-state index in [9.17, 15) is 14.7 Å². The lowest BCUT2D eigenvalue weighted by molar-refractivity contribution is -0.131. The Labute approximate surface area is 119 Å². The minimum atomic E-state index is -2.88. The number of aliphatic carboxylic acids is 1. The first-order chi connectivity index (χ1) is 9.32. The quantitative estimate of drug-likeness (QED) is 0.501. The summed E-state index contributed by atoms with van der Waals surface area (Å²) >= 11 is 0. The van der Waals surface area contributed by atoms with Crippen molar-refractivity contribution in [1.82, 2.24) is 0 Å². The van der Waals surface area contributed by atoms with Crippen molar-refractivity contribution >= 4 is 20.6 Å². The molecule has 0 aromatic carbocycles. The van der Waals surface area contributed by atoms with Gasteiger partial charge in [-0.05, 0) is 13.0 Å². The highest BCUT2D eigenvalue weighted by Gasteiger charge is 2.41. The van der Waals surface area contributed by atoms with E-state index < -0.39 is 20.9 Å². The molecule has 20 heavy (non-hydrogen) atoms. The Balaban J connectivity index is 0. The van der Waals surface area contributed by atoms with Gasteiger partial charge in [-0.1, -0.05) is 12.7 Å². The third-order valence-electron chi connectivity index (χ3n) is 2.21. The van der Waals surface area contributed by atoms with Crippen molar-refractivity contribution in [1.29, 1.82) is 0 Å². The van der Waals surface area contributed by atoms with Crippen LogP contribution >= 0.6 is 0 Å². The summed E-state index contributed by atoms with van der Waals surface area (Å²) in [6.45, 7) is 4.67. The maximum Gasteiger partial charge on any atom is 0.503 e. The Morgan fingerprint density at radius 1 is 1.25 bits per heavy atom. The number of carboxylic acids is 1. The predicted molar refractivity (Wildman–Crippen MR) is 75.2 cm³/mol. The molecule has 0 aliphatic carbocycles. The van der Waals surface area contributed by atoms with Crippen LogP contribution in [0.25, 0.3) is 0 Å². The molecule has 0 saturated heterocycles. The van der Waals surface area contributed by atoms with Crippen LogP contribution in [0.2, 0.25) is 6.04 Å². The van der Waals surface area contributed by atoms with E-state index in [1.807, 2.05) is 0 Å². The molecule has 0 radical (unpaired) electrons. The number of carbonyl (C=O) groups excluding carboxylic acids is 1. The lowest BCUT2D eigenvalue weighted by Crippen LogP contribution is -2.46. The van der Waals surface area contributed by atoms with E-state index in [0.29, 0.717) is 0 Å². The minimum Gasteiger partial charge on any atom is -0.478 e. The van der Waals surface area contributed by atoms with Gasteiger partial charge in [-0.2, -0.15) is 0 Å². The van der Waals surface area contributed by atoms with Gasteiger partial charge in [0.2, 0.25) is 0 Å². The van der Waals surface area contributed by atoms with Gasteiger partial charge in [-0.25, -0.2) is 4.79 Å². The second kappa shape index (κ2) is 11.5. The number of hydrogen-bond acceptors (Lipinski definition) is 6. The number of allylic oxidation sites excluding steroid dienone is 1. The molecule has 0 heterocycles. The second-order valence-corrected chi connectivity index (χ2v) is 6.46. The molecule has 0 rings (SSSR count). The molecular formula is C12H22O7Si. The van der Waals surface area contributed by atoms with Crippen LogP contribution in [0.4, 0.5) is 0 Å². The summed E-state index contributed by atoms with van der Waals surface area (Å²) in [6, 6.07) is 0.0552. The molecule has 0 bridgehead atoms. The molecular weight excluding hydrogens is 284 g/mol. The zero-order chi connectivity index (χ0) is 16.2. The number of rotatable bonds is 8. The lowest BCUT2D eigenvalue weighted by atomic mass is 10.2. The van der Waals surface area contributed by atoms with Crippen LogP contribution in [0.5, 0.6) is 0 Å². The first kappa shape index (κ1) is 21.0. The summed E-state index contributed by atoms with van der Waals surface area (Å²) in [5, 5.41) is 17.2. The molecule has 116 valence electrons. The summed E-state index contributed by atoms with van der Waals surface area (Å²) in [4.78, 5) is 20.5. The van der Waals surface area contributed by atoms with Crippen LogP contribution < -0.4 is 0 Å². The van der Waals surface area contributed by atoms with Gasteiger partial charge in [-0.15, -0.1) is 0 Å². The maximum absolute atomic E-state index is 11.3. The van der Waals surface area contributed by atoms with Gasteiger partial charge in [-0.3, -0.25) is 4.79 Å². The fourth-order valence-corrected chi connectivity index (χ4v) is 2.79. The highest BCUT2D eigenvalue weighted by molar-refractivity contribution is 6.61. The molecule has 1 atom stereocenters. The van der Waals surface area contributed by atoms with Crippen molar-refractivity contribution < 1.29 is 33.1 Å². The van der Waals surface area contributed by atoms with Crippen molar-refractivity contribution in [2.75, 3.05) is 21.3 Å². The number of aliphatic hydroxyl groups excluding tert-OH is 1. The van der Waals surface area contributed by atoms with Crippen LogP contribution in [-0.2, 0) is 22.9 Å². The third-order valence-corrected chi connectivity index (χ3v) is 4.96. The van der Waals surface area contributed by atoms with Crippen molar-refractivity contribution in [3.8, 4) is 0 Å². The molecule has 2 N–H and O–H groups in total. The van der Waals surface area contributed by atoms with Gasteiger partial charge in [0, 0.05) is 27.4 Å². The highest BCUT2D eigenvalue weighted by atomic mass is 28.4.